The van der Waals surface area contributed by atoms with Crippen LogP contribution in [0.4, 0.5) is 5.69 Å². The van der Waals surface area contributed by atoms with Gasteiger partial charge in [0.2, 0.25) is 22.8 Å². The van der Waals surface area contributed by atoms with Crippen LogP contribution in [0.3, 0.4) is 0 Å². The summed E-state index contributed by atoms with van der Waals surface area (Å²) in [6, 6.07) is 15.9. The fourth-order valence-corrected chi connectivity index (χ4v) is 3.41. The van der Waals surface area contributed by atoms with E-state index in [1.807, 2.05) is 48.5 Å². The van der Waals surface area contributed by atoms with Gasteiger partial charge in [-0.3, -0.25) is 0 Å². The number of benzene rings is 2. The van der Waals surface area contributed by atoms with Gasteiger partial charge in [-0.15, -0.1) is 0 Å². The minimum absolute atomic E-state index is 0.687. The molecular weight excluding hydrogens is 226 g/mol. The molecule has 2 aromatic rings. The summed E-state index contributed by atoms with van der Waals surface area (Å²) >= 11 is 0. The fourth-order valence-electron chi connectivity index (χ4n) is 3.41. The van der Waals surface area contributed by atoms with Crippen LogP contribution >= 0.6 is 0 Å². The van der Waals surface area contributed by atoms with Crippen molar-refractivity contribution in [3.63, 3.8) is 0 Å². The van der Waals surface area contributed by atoms with E-state index in [0.29, 0.717) is 0 Å². The molecule has 1 saturated heterocycles. The molecule has 0 radical (unpaired) electrons. The average Bonchev–Trinajstić information content (AvgIpc) is 2.81. The third kappa shape index (κ3) is 0.684. The molecule has 1 fully saturated rings. The predicted molar refractivity (Wildman–Crippen MR) is 64.3 cm³/mol. The summed E-state index contributed by atoms with van der Waals surface area (Å²) in [7, 11) is 0. The largest absolute Gasteiger partial charge is 0.359 e. The molecular formula is C15H10NO2+. The number of ether oxygens (including phenoxy) is 1. The van der Waals surface area contributed by atoms with Gasteiger partial charge in [-0.25, -0.2) is 4.99 Å². The van der Waals surface area contributed by atoms with Crippen molar-refractivity contribution in [3.8, 4) is 0 Å². The van der Waals surface area contributed by atoms with E-state index in [4.69, 9.17) is 4.74 Å². The average molecular weight is 236 g/mol. The van der Waals surface area contributed by atoms with Crippen molar-refractivity contribution in [2.75, 3.05) is 0 Å². The quantitative estimate of drug-likeness (QED) is 0.646. The molecule has 0 amide bonds. The van der Waals surface area contributed by atoms with Crippen LogP contribution in [0.15, 0.2) is 48.5 Å². The topological polar surface area (TPSA) is 46.7 Å². The molecule has 1 aliphatic carbocycles. The molecule has 0 aromatic heterocycles. The lowest BCUT2D eigenvalue weighted by atomic mass is 9.94. The second-order valence-corrected chi connectivity index (χ2v) is 5.02. The van der Waals surface area contributed by atoms with Gasteiger partial charge in [-0.2, -0.15) is 0 Å². The summed E-state index contributed by atoms with van der Waals surface area (Å²) in [4.78, 5) is 3.39. The minimum Gasteiger partial charge on any atom is -0.359 e. The van der Waals surface area contributed by atoms with Gasteiger partial charge >= 0.3 is 0 Å². The molecule has 3 nitrogen and oxygen atoms in total. The number of hydrogen-bond donors (Lipinski definition) is 2. The Balaban J connectivity index is 1.91. The maximum absolute atomic E-state index is 10.7. The lowest BCUT2D eigenvalue weighted by molar-refractivity contribution is -0.350. The Kier molecular flexibility index (Phi) is 1.21. The summed E-state index contributed by atoms with van der Waals surface area (Å²) in [5.41, 5.74) is 4.26. The Hall–Kier alpha value is -1.97. The van der Waals surface area contributed by atoms with E-state index >= 15 is 0 Å². The van der Waals surface area contributed by atoms with E-state index in [2.05, 4.69) is 4.99 Å². The number of rotatable bonds is 0. The number of aliphatic hydroxyl groups is 1. The molecule has 2 aromatic carbocycles. The zero-order chi connectivity index (χ0) is 12.0. The molecule has 1 spiro atoms. The van der Waals surface area contributed by atoms with Crippen LogP contribution in [-0.4, -0.2) is 10.8 Å². The van der Waals surface area contributed by atoms with Crippen LogP contribution in [0.1, 0.15) is 16.7 Å². The smallest absolute Gasteiger partial charge is 0.245 e. The van der Waals surface area contributed by atoms with Crippen LogP contribution in [0.5, 0.6) is 0 Å². The molecule has 2 heterocycles. The highest BCUT2D eigenvalue weighted by Gasteiger charge is 2.85. The molecule has 0 saturated carbocycles. The third-order valence-corrected chi connectivity index (χ3v) is 4.22. The van der Waals surface area contributed by atoms with E-state index in [0.717, 1.165) is 28.1 Å². The first-order chi connectivity index (χ1) is 8.77. The standard InChI is InChI=1S/C15H9NO2/c17-15-10-6-2-1-5-9(10)13-14(15,18-15)11-7-3-4-8-12(11)16-13/h1-8,17H/p+1. The maximum Gasteiger partial charge on any atom is 0.245 e. The van der Waals surface area contributed by atoms with Crippen molar-refractivity contribution in [1.82, 2.24) is 0 Å². The monoisotopic (exact) mass is 236 g/mol. The Bertz CT molecular complexity index is 752. The van der Waals surface area contributed by atoms with E-state index in [-0.39, 0.29) is 0 Å². The lowest BCUT2D eigenvalue weighted by Crippen LogP contribution is -2.65. The first-order valence-corrected chi connectivity index (χ1v) is 6.04. The van der Waals surface area contributed by atoms with Crippen molar-refractivity contribution >= 4 is 11.4 Å². The van der Waals surface area contributed by atoms with E-state index in [9.17, 15) is 5.11 Å². The SMILES string of the molecule is OC12OC13C(=[NH+]c1ccccc13)c1ccccc12. The van der Waals surface area contributed by atoms with Gasteiger partial charge < -0.3 is 9.84 Å². The predicted octanol–water partition coefficient (Wildman–Crippen LogP) is 0.286. The summed E-state index contributed by atoms with van der Waals surface area (Å²) in [5.74, 6) is -1.18. The number of para-hydroxylation sites is 1. The van der Waals surface area contributed by atoms with Crippen LogP contribution in [0, 0.1) is 0 Å². The first-order valence-electron chi connectivity index (χ1n) is 6.04. The molecule has 5 rings (SSSR count). The van der Waals surface area contributed by atoms with Crippen molar-refractivity contribution < 1.29 is 14.8 Å². The second-order valence-electron chi connectivity index (χ2n) is 5.02. The van der Waals surface area contributed by atoms with Crippen LogP contribution in [-0.2, 0) is 16.1 Å². The highest BCUT2D eigenvalue weighted by Crippen LogP contribution is 2.68. The van der Waals surface area contributed by atoms with Gasteiger partial charge in [0.15, 0.2) is 0 Å². The van der Waals surface area contributed by atoms with Gasteiger partial charge in [0.1, 0.15) is 0 Å². The van der Waals surface area contributed by atoms with Crippen LogP contribution < -0.4 is 4.99 Å². The van der Waals surface area contributed by atoms with Gasteiger partial charge in [-0.1, -0.05) is 30.3 Å². The Morgan fingerprint density at radius 1 is 0.944 bits per heavy atom. The fraction of sp³-hybridized carbons (Fsp3) is 0.133. The molecule has 2 N–H and O–H groups in total. The number of fused-ring (bicyclic) bond motifs is 4. The number of epoxide rings is 1. The lowest BCUT2D eigenvalue weighted by Gasteiger charge is -2.03. The molecule has 3 aliphatic rings. The molecule has 2 atom stereocenters. The Labute approximate surface area is 103 Å². The second kappa shape index (κ2) is 2.41. The zero-order valence-electron chi connectivity index (χ0n) is 9.47. The normalized spacial score (nSPS) is 33.3. The molecule has 2 unspecified atom stereocenters. The maximum atomic E-state index is 10.7. The van der Waals surface area contributed by atoms with Crippen molar-refractivity contribution in [1.29, 1.82) is 0 Å². The molecule has 86 valence electrons. The number of nitrogens with one attached hydrogen (secondary N) is 1. The Morgan fingerprint density at radius 3 is 2.56 bits per heavy atom. The van der Waals surface area contributed by atoms with E-state index < -0.39 is 11.4 Å². The molecule has 0 bridgehead atoms. The zero-order valence-corrected chi connectivity index (χ0v) is 9.47. The van der Waals surface area contributed by atoms with Gasteiger partial charge in [0.05, 0.1) is 11.1 Å². The first kappa shape index (κ1) is 9.03. The highest BCUT2D eigenvalue weighted by atomic mass is 16.8. The summed E-state index contributed by atoms with van der Waals surface area (Å²) in [5, 5.41) is 10.7. The Morgan fingerprint density at radius 2 is 1.67 bits per heavy atom. The molecule has 2 aliphatic heterocycles. The van der Waals surface area contributed by atoms with Crippen molar-refractivity contribution in [2.24, 2.45) is 0 Å². The third-order valence-electron chi connectivity index (χ3n) is 4.22. The highest BCUT2D eigenvalue weighted by molar-refractivity contribution is 6.13. The van der Waals surface area contributed by atoms with Gasteiger partial charge in [0, 0.05) is 11.6 Å². The van der Waals surface area contributed by atoms with Crippen molar-refractivity contribution in [3.05, 3.63) is 65.2 Å². The summed E-state index contributed by atoms with van der Waals surface area (Å²) < 4.78 is 5.76. The van der Waals surface area contributed by atoms with Crippen molar-refractivity contribution in [2.45, 2.75) is 11.4 Å². The number of hydrogen-bond acceptors (Lipinski definition) is 2. The minimum atomic E-state index is -1.18. The van der Waals surface area contributed by atoms with E-state index in [1.54, 1.807) is 0 Å². The van der Waals surface area contributed by atoms with Gasteiger partial charge in [0.25, 0.3) is 0 Å². The van der Waals surface area contributed by atoms with E-state index in [1.165, 1.54) is 0 Å². The van der Waals surface area contributed by atoms with Crippen LogP contribution in [0.2, 0.25) is 0 Å². The van der Waals surface area contributed by atoms with Crippen LogP contribution in [0.25, 0.3) is 0 Å². The summed E-state index contributed by atoms with van der Waals surface area (Å²) in [6.45, 7) is 0. The molecule has 3 heteroatoms. The molecule has 18 heavy (non-hydrogen) atoms. The van der Waals surface area contributed by atoms with Gasteiger partial charge in [-0.05, 0) is 12.1 Å². The summed E-state index contributed by atoms with van der Waals surface area (Å²) in [6.07, 6.45) is 0.